The van der Waals surface area contributed by atoms with Gasteiger partial charge in [-0.05, 0) is 37.4 Å². The molecule has 0 aliphatic heterocycles. The van der Waals surface area contributed by atoms with E-state index in [1.807, 2.05) is 0 Å². The Morgan fingerprint density at radius 1 is 0.833 bits per heavy atom. The minimum absolute atomic E-state index is 0.0696. The Hall–Kier alpha value is -1.45. The lowest BCUT2D eigenvalue weighted by molar-refractivity contribution is -0.175. The molecule has 1 aliphatic rings. The van der Waals surface area contributed by atoms with Gasteiger partial charge < -0.3 is 5.32 Å². The summed E-state index contributed by atoms with van der Waals surface area (Å²) in [5, 5.41) is 2.48. The maximum atomic E-state index is 13.3. The predicted octanol–water partition coefficient (Wildman–Crippen LogP) is 5.41. The van der Waals surface area contributed by atoms with Crippen molar-refractivity contribution in [1.29, 1.82) is 0 Å². The molecule has 1 aromatic rings. The highest BCUT2D eigenvalue weighted by Crippen LogP contribution is 2.51. The molecule has 0 amide bonds. The average molecular weight is 365 g/mol. The first kappa shape index (κ1) is 18.9. The molecule has 0 spiro atoms. The number of hydrogen-bond acceptors (Lipinski definition) is 1. The van der Waals surface area contributed by atoms with Crippen molar-refractivity contribution in [3.8, 4) is 0 Å². The monoisotopic (exact) mass is 365 g/mol. The highest BCUT2D eigenvalue weighted by molar-refractivity contribution is 5.48. The van der Waals surface area contributed by atoms with Gasteiger partial charge in [-0.25, -0.2) is 0 Å². The summed E-state index contributed by atoms with van der Waals surface area (Å²) in [7, 11) is 1.26. The highest BCUT2D eigenvalue weighted by Gasteiger charge is 2.52. The average Bonchev–Trinajstić information content (AvgIpc) is 3.20. The third kappa shape index (κ3) is 3.62. The van der Waals surface area contributed by atoms with E-state index in [1.54, 1.807) is 0 Å². The molecule has 1 saturated carbocycles. The molecule has 0 aromatic heterocycles. The van der Waals surface area contributed by atoms with Crippen molar-refractivity contribution in [2.45, 2.75) is 37.4 Å². The molecule has 10 heteroatoms. The summed E-state index contributed by atoms with van der Waals surface area (Å²) >= 11 is 0. The molecule has 1 unspecified atom stereocenters. The molecule has 1 aromatic carbocycles. The van der Waals surface area contributed by atoms with E-state index >= 15 is 0 Å². The molecule has 0 radical (unpaired) electrons. The van der Waals surface area contributed by atoms with E-state index in [0.717, 1.165) is 0 Å². The van der Waals surface area contributed by atoms with Crippen LogP contribution in [0, 0.1) is 5.92 Å². The van der Waals surface area contributed by atoms with Gasteiger partial charge >= 0.3 is 18.5 Å². The number of alkyl halides is 9. The lowest BCUT2D eigenvalue weighted by Gasteiger charge is -2.27. The van der Waals surface area contributed by atoms with Crippen LogP contribution in [-0.2, 0) is 18.5 Å². The second-order valence-corrected chi connectivity index (χ2v) is 5.55. The van der Waals surface area contributed by atoms with Crippen molar-refractivity contribution in [3.05, 3.63) is 34.4 Å². The minimum atomic E-state index is -5.80. The quantitative estimate of drug-likeness (QED) is 0.706. The van der Waals surface area contributed by atoms with Crippen LogP contribution in [0.5, 0.6) is 0 Å². The minimum Gasteiger partial charge on any atom is -0.313 e. The highest BCUT2D eigenvalue weighted by atomic mass is 19.4. The van der Waals surface area contributed by atoms with E-state index in [1.165, 1.54) is 7.05 Å². The maximum absolute atomic E-state index is 13.3. The van der Waals surface area contributed by atoms with Crippen molar-refractivity contribution < 1.29 is 39.5 Å². The lowest BCUT2D eigenvalue weighted by atomic mass is 9.89. The summed E-state index contributed by atoms with van der Waals surface area (Å²) in [6, 6.07) is -0.537. The summed E-state index contributed by atoms with van der Waals surface area (Å²) in [6.07, 6.45) is -16.0. The van der Waals surface area contributed by atoms with Crippen LogP contribution in [0.25, 0.3) is 0 Å². The molecule has 136 valence electrons. The van der Waals surface area contributed by atoms with Gasteiger partial charge in [0.05, 0.1) is 16.7 Å². The summed E-state index contributed by atoms with van der Waals surface area (Å²) in [5.41, 5.74) is -8.10. The van der Waals surface area contributed by atoms with Crippen LogP contribution in [-0.4, -0.2) is 7.05 Å². The predicted molar refractivity (Wildman–Crippen MR) is 66.0 cm³/mol. The SMILES string of the molecule is CNC(c1ccc(C(F)(F)F)c(C(F)(F)F)c1C(F)(F)F)C1CC1. The van der Waals surface area contributed by atoms with Crippen LogP contribution in [0.1, 0.15) is 41.1 Å². The number of hydrogen-bond donors (Lipinski definition) is 1. The van der Waals surface area contributed by atoms with Crippen molar-refractivity contribution in [3.63, 3.8) is 0 Å². The third-order valence-electron chi connectivity index (χ3n) is 3.85. The zero-order valence-electron chi connectivity index (χ0n) is 12.1. The van der Waals surface area contributed by atoms with Crippen LogP contribution < -0.4 is 5.32 Å². The Kier molecular flexibility index (Phi) is 4.58. The normalized spacial score (nSPS) is 17.9. The Morgan fingerprint density at radius 3 is 1.67 bits per heavy atom. The molecule has 0 saturated heterocycles. The molecule has 1 atom stereocenters. The Bertz CT molecular complexity index is 608. The standard InChI is InChI=1S/C14H12F9N/c1-24-11(6-2-3-6)7-4-5-8(12(15,16)17)10(14(21,22)23)9(7)13(18,19)20/h4-6,11,24H,2-3H2,1H3. The molecular weight excluding hydrogens is 353 g/mol. The fourth-order valence-corrected chi connectivity index (χ4v) is 2.79. The van der Waals surface area contributed by atoms with E-state index in [-0.39, 0.29) is 12.0 Å². The van der Waals surface area contributed by atoms with Crippen molar-refractivity contribution in [2.75, 3.05) is 7.05 Å². The van der Waals surface area contributed by atoms with Gasteiger partial charge in [-0.3, -0.25) is 0 Å². The number of halogens is 9. The first-order valence-corrected chi connectivity index (χ1v) is 6.84. The molecule has 2 rings (SSSR count). The molecule has 0 heterocycles. The van der Waals surface area contributed by atoms with Gasteiger partial charge in [-0.2, -0.15) is 39.5 Å². The zero-order valence-corrected chi connectivity index (χ0v) is 12.1. The molecular formula is C14H12F9N. The first-order valence-electron chi connectivity index (χ1n) is 6.84. The van der Waals surface area contributed by atoms with Crippen LogP contribution in [0.3, 0.4) is 0 Å². The molecule has 24 heavy (non-hydrogen) atoms. The molecule has 0 bridgehead atoms. The van der Waals surface area contributed by atoms with Gasteiger partial charge in [0.25, 0.3) is 0 Å². The van der Waals surface area contributed by atoms with E-state index in [9.17, 15) is 39.5 Å². The topological polar surface area (TPSA) is 12.0 Å². The van der Waals surface area contributed by atoms with E-state index < -0.39 is 46.8 Å². The molecule has 1 N–H and O–H groups in total. The summed E-state index contributed by atoms with van der Waals surface area (Å²) in [4.78, 5) is 0. The largest absolute Gasteiger partial charge is 0.417 e. The summed E-state index contributed by atoms with van der Waals surface area (Å²) in [6.45, 7) is 0. The van der Waals surface area contributed by atoms with Crippen molar-refractivity contribution in [2.24, 2.45) is 5.92 Å². The van der Waals surface area contributed by atoms with Crippen LogP contribution in [0.15, 0.2) is 12.1 Å². The van der Waals surface area contributed by atoms with Crippen molar-refractivity contribution in [1.82, 2.24) is 5.32 Å². The summed E-state index contributed by atoms with van der Waals surface area (Å²) in [5.74, 6) is -0.339. The fourth-order valence-electron chi connectivity index (χ4n) is 2.79. The number of rotatable bonds is 3. The molecule has 1 aliphatic carbocycles. The molecule has 1 fully saturated rings. The van der Waals surface area contributed by atoms with E-state index in [4.69, 9.17) is 0 Å². The van der Waals surface area contributed by atoms with Crippen LogP contribution in [0.4, 0.5) is 39.5 Å². The first-order chi connectivity index (χ1) is 10.8. The second-order valence-electron chi connectivity index (χ2n) is 5.55. The van der Waals surface area contributed by atoms with Gasteiger partial charge in [0, 0.05) is 6.04 Å². The summed E-state index contributed by atoms with van der Waals surface area (Å²) < 4.78 is 118. The second kappa shape index (κ2) is 5.82. The van der Waals surface area contributed by atoms with Crippen LogP contribution >= 0.6 is 0 Å². The fraction of sp³-hybridized carbons (Fsp3) is 0.571. The van der Waals surface area contributed by atoms with E-state index in [2.05, 4.69) is 5.32 Å². The van der Waals surface area contributed by atoms with E-state index in [0.29, 0.717) is 18.9 Å². The smallest absolute Gasteiger partial charge is 0.313 e. The zero-order chi connectivity index (χ0) is 18.5. The van der Waals surface area contributed by atoms with Crippen LogP contribution in [0.2, 0.25) is 0 Å². The number of nitrogens with one attached hydrogen (secondary N) is 1. The lowest BCUT2D eigenvalue weighted by Crippen LogP contribution is -2.28. The third-order valence-corrected chi connectivity index (χ3v) is 3.85. The maximum Gasteiger partial charge on any atom is 0.417 e. The number of benzene rings is 1. The van der Waals surface area contributed by atoms with Gasteiger partial charge in [-0.1, -0.05) is 6.07 Å². The van der Waals surface area contributed by atoms with Gasteiger partial charge in [0.1, 0.15) is 0 Å². The Labute approximate surface area is 130 Å². The Morgan fingerprint density at radius 2 is 1.33 bits per heavy atom. The van der Waals surface area contributed by atoms with Gasteiger partial charge in [-0.15, -0.1) is 0 Å². The Balaban J connectivity index is 2.84. The van der Waals surface area contributed by atoms with Gasteiger partial charge in [0.2, 0.25) is 0 Å². The molecule has 1 nitrogen and oxygen atoms in total. The van der Waals surface area contributed by atoms with Gasteiger partial charge in [0.15, 0.2) is 0 Å². The van der Waals surface area contributed by atoms with Crippen molar-refractivity contribution >= 4 is 0 Å².